The molecule has 0 saturated heterocycles. The first-order valence-electron chi connectivity index (χ1n) is 9.13. The van der Waals surface area contributed by atoms with E-state index in [1.165, 1.54) is 22.3 Å². The molecule has 0 bridgehead atoms. The fourth-order valence-corrected chi connectivity index (χ4v) is 4.37. The number of benzene rings is 1. The second kappa shape index (κ2) is 5.66. The van der Waals surface area contributed by atoms with Gasteiger partial charge in [0.25, 0.3) is 0 Å². The second-order valence-corrected chi connectivity index (χ2v) is 7.91. The largest absolute Gasteiger partial charge is 0.486 e. The fourth-order valence-electron chi connectivity index (χ4n) is 4.37. The van der Waals surface area contributed by atoms with Crippen molar-refractivity contribution in [3.63, 3.8) is 0 Å². The van der Waals surface area contributed by atoms with Gasteiger partial charge < -0.3 is 10.5 Å². The van der Waals surface area contributed by atoms with Crippen LogP contribution in [0.25, 0.3) is 0 Å². The Bertz CT molecular complexity index is 643. The van der Waals surface area contributed by atoms with E-state index in [1.54, 1.807) is 0 Å². The van der Waals surface area contributed by atoms with Crippen molar-refractivity contribution in [2.75, 3.05) is 0 Å². The molecule has 1 heterocycles. The minimum absolute atomic E-state index is 0.264. The number of hydrogen-bond donors (Lipinski definition) is 1. The topological polar surface area (TPSA) is 35.2 Å². The molecule has 0 radical (unpaired) electrons. The van der Waals surface area contributed by atoms with Gasteiger partial charge in [-0.05, 0) is 63.6 Å². The quantitative estimate of drug-likeness (QED) is 0.806. The van der Waals surface area contributed by atoms with Crippen LogP contribution in [-0.2, 0) is 12.8 Å². The molecular weight excluding hydrogens is 282 g/mol. The summed E-state index contributed by atoms with van der Waals surface area (Å²) in [7, 11) is 0. The molecule has 1 aliphatic heterocycles. The Labute approximate surface area is 141 Å². The van der Waals surface area contributed by atoms with Crippen LogP contribution in [0.2, 0.25) is 0 Å². The van der Waals surface area contributed by atoms with Crippen LogP contribution in [0.3, 0.4) is 0 Å². The fraction of sp³-hybridized carbons (Fsp3) is 0.619. The van der Waals surface area contributed by atoms with Crippen LogP contribution >= 0.6 is 0 Å². The first kappa shape index (κ1) is 16.6. The van der Waals surface area contributed by atoms with E-state index in [-0.39, 0.29) is 17.1 Å². The number of allylic oxidation sites excluding steroid dienone is 1. The molecule has 0 amide bonds. The Morgan fingerprint density at radius 3 is 2.65 bits per heavy atom. The summed E-state index contributed by atoms with van der Waals surface area (Å²) in [5.41, 5.74) is 11.9. The summed E-state index contributed by atoms with van der Waals surface area (Å²) in [6.07, 6.45) is 7.77. The Hall–Kier alpha value is -1.28. The van der Waals surface area contributed by atoms with Crippen molar-refractivity contribution in [1.29, 1.82) is 0 Å². The predicted octanol–water partition coefficient (Wildman–Crippen LogP) is 4.89. The number of aryl methyl sites for hydroxylation is 2. The zero-order valence-corrected chi connectivity index (χ0v) is 15.3. The van der Waals surface area contributed by atoms with E-state index in [4.69, 9.17) is 10.5 Å². The van der Waals surface area contributed by atoms with Crippen LogP contribution in [0.5, 0.6) is 5.75 Å². The smallest absolute Gasteiger partial charge is 0.124 e. The number of fused-ring (bicyclic) bond motifs is 3. The van der Waals surface area contributed by atoms with Gasteiger partial charge >= 0.3 is 0 Å². The van der Waals surface area contributed by atoms with Crippen LogP contribution in [0.4, 0.5) is 0 Å². The highest BCUT2D eigenvalue weighted by molar-refractivity contribution is 5.53. The van der Waals surface area contributed by atoms with Crippen molar-refractivity contribution in [2.45, 2.75) is 83.8 Å². The Morgan fingerprint density at radius 2 is 2.00 bits per heavy atom. The van der Waals surface area contributed by atoms with Crippen molar-refractivity contribution in [1.82, 2.24) is 0 Å². The lowest BCUT2D eigenvalue weighted by molar-refractivity contribution is -0.0108. The van der Waals surface area contributed by atoms with E-state index in [2.05, 4.69) is 52.8 Å². The molecule has 1 aromatic carbocycles. The molecule has 2 unspecified atom stereocenters. The predicted molar refractivity (Wildman–Crippen MR) is 97.2 cm³/mol. The van der Waals surface area contributed by atoms with Crippen molar-refractivity contribution in [2.24, 2.45) is 5.73 Å². The SMILES string of the molecule is CCCc1cc(CC)c2c(c1)OC(C)(C)C1(N)CCC(C)=CC21. The Kier molecular flexibility index (Phi) is 4.08. The standard InChI is InChI=1S/C21H31NO/c1-6-8-15-12-16(7-2)19-17-11-14(3)9-10-21(17,22)20(4,5)23-18(19)13-15/h11-13,17H,6-10,22H2,1-5H3. The highest BCUT2D eigenvalue weighted by atomic mass is 16.5. The summed E-state index contributed by atoms with van der Waals surface area (Å²) < 4.78 is 6.50. The summed E-state index contributed by atoms with van der Waals surface area (Å²) in [5, 5.41) is 0. The molecule has 2 atom stereocenters. The molecule has 23 heavy (non-hydrogen) atoms. The maximum absolute atomic E-state index is 6.97. The third-order valence-electron chi connectivity index (χ3n) is 5.94. The zero-order valence-electron chi connectivity index (χ0n) is 15.3. The van der Waals surface area contributed by atoms with Crippen molar-refractivity contribution in [3.05, 3.63) is 40.5 Å². The summed E-state index contributed by atoms with van der Waals surface area (Å²) in [6, 6.07) is 4.64. The third kappa shape index (κ3) is 2.52. The van der Waals surface area contributed by atoms with Gasteiger partial charge in [0.15, 0.2) is 0 Å². The van der Waals surface area contributed by atoms with Crippen LogP contribution in [0.1, 0.15) is 76.5 Å². The molecule has 2 nitrogen and oxygen atoms in total. The minimum atomic E-state index is -0.349. The number of hydrogen-bond acceptors (Lipinski definition) is 2. The van der Waals surface area contributed by atoms with Gasteiger partial charge in [-0.3, -0.25) is 0 Å². The average Bonchev–Trinajstić information content (AvgIpc) is 2.48. The van der Waals surface area contributed by atoms with Gasteiger partial charge in [0.1, 0.15) is 11.4 Å². The molecule has 1 aliphatic carbocycles. The van der Waals surface area contributed by atoms with Crippen molar-refractivity contribution >= 4 is 0 Å². The highest BCUT2D eigenvalue weighted by Gasteiger charge is 2.54. The third-order valence-corrected chi connectivity index (χ3v) is 5.94. The molecule has 0 saturated carbocycles. The van der Waals surface area contributed by atoms with E-state index in [9.17, 15) is 0 Å². The molecule has 2 aliphatic rings. The normalized spacial score (nSPS) is 28.4. The molecule has 126 valence electrons. The van der Waals surface area contributed by atoms with Crippen LogP contribution in [0, 0.1) is 0 Å². The highest BCUT2D eigenvalue weighted by Crippen LogP contribution is 2.53. The van der Waals surface area contributed by atoms with Crippen LogP contribution < -0.4 is 10.5 Å². The van der Waals surface area contributed by atoms with Gasteiger partial charge in [-0.1, -0.05) is 38.0 Å². The molecule has 0 spiro atoms. The maximum Gasteiger partial charge on any atom is 0.124 e. The van der Waals surface area contributed by atoms with Crippen LogP contribution in [-0.4, -0.2) is 11.1 Å². The van der Waals surface area contributed by atoms with Gasteiger partial charge in [-0.25, -0.2) is 0 Å². The average molecular weight is 313 g/mol. The monoisotopic (exact) mass is 313 g/mol. The lowest BCUT2D eigenvalue weighted by Gasteiger charge is -2.54. The summed E-state index contributed by atoms with van der Waals surface area (Å²) >= 11 is 0. The summed E-state index contributed by atoms with van der Waals surface area (Å²) in [6.45, 7) is 11.0. The zero-order chi connectivity index (χ0) is 16.8. The van der Waals surface area contributed by atoms with Crippen molar-refractivity contribution < 1.29 is 4.74 Å². The lowest BCUT2D eigenvalue weighted by atomic mass is 9.62. The van der Waals surface area contributed by atoms with Gasteiger partial charge in [0.2, 0.25) is 0 Å². The number of rotatable bonds is 3. The minimum Gasteiger partial charge on any atom is -0.486 e. The first-order chi connectivity index (χ1) is 10.8. The molecule has 0 fully saturated rings. The second-order valence-electron chi connectivity index (χ2n) is 7.91. The molecule has 1 aromatic rings. The molecule has 0 aromatic heterocycles. The first-order valence-corrected chi connectivity index (χ1v) is 9.13. The van der Waals surface area contributed by atoms with Crippen molar-refractivity contribution in [3.8, 4) is 5.75 Å². The van der Waals surface area contributed by atoms with E-state index in [0.717, 1.165) is 37.9 Å². The molecule has 2 heteroatoms. The van der Waals surface area contributed by atoms with E-state index in [0.29, 0.717) is 0 Å². The Balaban J connectivity index is 2.22. The van der Waals surface area contributed by atoms with Crippen LogP contribution in [0.15, 0.2) is 23.8 Å². The summed E-state index contributed by atoms with van der Waals surface area (Å²) in [5.74, 6) is 1.33. The molecule has 3 rings (SSSR count). The number of ether oxygens (including phenoxy) is 1. The van der Waals surface area contributed by atoms with E-state index < -0.39 is 0 Å². The van der Waals surface area contributed by atoms with E-state index >= 15 is 0 Å². The van der Waals surface area contributed by atoms with Gasteiger partial charge in [-0.2, -0.15) is 0 Å². The summed E-state index contributed by atoms with van der Waals surface area (Å²) in [4.78, 5) is 0. The number of nitrogens with two attached hydrogens (primary N) is 1. The van der Waals surface area contributed by atoms with E-state index in [1.807, 2.05) is 0 Å². The van der Waals surface area contributed by atoms with Gasteiger partial charge in [0.05, 0.1) is 5.54 Å². The maximum atomic E-state index is 6.97. The van der Waals surface area contributed by atoms with Gasteiger partial charge in [0, 0.05) is 11.5 Å². The Morgan fingerprint density at radius 1 is 1.26 bits per heavy atom. The van der Waals surface area contributed by atoms with Gasteiger partial charge in [-0.15, -0.1) is 0 Å². The lowest BCUT2D eigenvalue weighted by Crippen LogP contribution is -2.66. The molecule has 2 N–H and O–H groups in total. The molecular formula is C21H31NO.